The molecule has 2 aromatic rings. The van der Waals surface area contributed by atoms with E-state index >= 15 is 0 Å². The SMILES string of the molecule is CC(SN1C(=O)c2ccccc2C1=O)C(=O)c1ccccc1. The van der Waals surface area contributed by atoms with Gasteiger partial charge in [-0.05, 0) is 31.0 Å². The minimum absolute atomic E-state index is 0.109. The van der Waals surface area contributed by atoms with E-state index in [1.54, 1.807) is 55.5 Å². The number of nitrogens with zero attached hydrogens (tertiary/aromatic N) is 1. The molecule has 1 heterocycles. The summed E-state index contributed by atoms with van der Waals surface area (Å²) in [6.07, 6.45) is 0. The Balaban J connectivity index is 1.79. The van der Waals surface area contributed by atoms with Crippen LogP contribution in [0.4, 0.5) is 0 Å². The van der Waals surface area contributed by atoms with Gasteiger partial charge in [-0.15, -0.1) is 0 Å². The summed E-state index contributed by atoms with van der Waals surface area (Å²) < 4.78 is 1.08. The molecule has 110 valence electrons. The Morgan fingerprint density at radius 2 is 1.41 bits per heavy atom. The zero-order chi connectivity index (χ0) is 15.7. The molecule has 2 amide bonds. The van der Waals surface area contributed by atoms with Crippen molar-refractivity contribution in [3.05, 3.63) is 71.3 Å². The second-order valence-electron chi connectivity index (χ2n) is 4.93. The minimum atomic E-state index is -0.524. The van der Waals surface area contributed by atoms with E-state index in [1.165, 1.54) is 0 Å². The van der Waals surface area contributed by atoms with E-state index in [2.05, 4.69) is 0 Å². The molecule has 2 aromatic carbocycles. The maximum Gasteiger partial charge on any atom is 0.271 e. The summed E-state index contributed by atoms with van der Waals surface area (Å²) in [7, 11) is 0. The first-order chi connectivity index (χ1) is 10.6. The molecule has 1 aliphatic heterocycles. The quantitative estimate of drug-likeness (QED) is 0.494. The van der Waals surface area contributed by atoms with E-state index in [-0.39, 0.29) is 17.6 Å². The zero-order valence-corrected chi connectivity index (χ0v) is 12.7. The Morgan fingerprint density at radius 3 is 1.95 bits per heavy atom. The molecule has 22 heavy (non-hydrogen) atoms. The van der Waals surface area contributed by atoms with Crippen LogP contribution >= 0.6 is 11.9 Å². The third-order valence-corrected chi connectivity index (χ3v) is 4.52. The highest BCUT2D eigenvalue weighted by Crippen LogP contribution is 2.31. The van der Waals surface area contributed by atoms with Gasteiger partial charge in [0.2, 0.25) is 0 Å². The summed E-state index contributed by atoms with van der Waals surface area (Å²) in [5.41, 5.74) is 1.35. The number of carbonyl (C=O) groups is 3. The fourth-order valence-electron chi connectivity index (χ4n) is 2.31. The van der Waals surface area contributed by atoms with Gasteiger partial charge in [0.15, 0.2) is 5.78 Å². The molecule has 0 saturated heterocycles. The molecule has 0 aromatic heterocycles. The van der Waals surface area contributed by atoms with Crippen molar-refractivity contribution in [2.45, 2.75) is 12.2 Å². The van der Waals surface area contributed by atoms with Gasteiger partial charge in [0.25, 0.3) is 11.8 Å². The fourth-order valence-corrected chi connectivity index (χ4v) is 3.24. The van der Waals surface area contributed by atoms with Gasteiger partial charge in [-0.2, -0.15) is 0 Å². The highest BCUT2D eigenvalue weighted by Gasteiger charge is 2.37. The van der Waals surface area contributed by atoms with E-state index in [4.69, 9.17) is 0 Å². The Hall–Kier alpha value is -2.40. The summed E-state index contributed by atoms with van der Waals surface area (Å²) in [5, 5.41) is -0.524. The molecule has 0 aliphatic carbocycles. The van der Waals surface area contributed by atoms with Crippen molar-refractivity contribution in [1.29, 1.82) is 0 Å². The fraction of sp³-hybridized carbons (Fsp3) is 0.118. The van der Waals surface area contributed by atoms with Crippen molar-refractivity contribution in [2.24, 2.45) is 0 Å². The van der Waals surface area contributed by atoms with Crippen LogP contribution in [0.3, 0.4) is 0 Å². The number of hydrogen-bond donors (Lipinski definition) is 0. The molecule has 1 atom stereocenters. The van der Waals surface area contributed by atoms with Crippen LogP contribution < -0.4 is 0 Å². The van der Waals surface area contributed by atoms with Gasteiger partial charge in [-0.3, -0.25) is 14.4 Å². The molecule has 1 unspecified atom stereocenters. The van der Waals surface area contributed by atoms with Crippen LogP contribution in [-0.2, 0) is 0 Å². The average Bonchev–Trinajstić information content (AvgIpc) is 2.80. The van der Waals surface area contributed by atoms with Gasteiger partial charge in [-0.25, -0.2) is 4.31 Å². The smallest absolute Gasteiger partial charge is 0.271 e. The number of carbonyl (C=O) groups excluding carboxylic acids is 3. The van der Waals surface area contributed by atoms with Gasteiger partial charge in [0, 0.05) is 5.56 Å². The lowest BCUT2D eigenvalue weighted by Crippen LogP contribution is -2.28. The van der Waals surface area contributed by atoms with Crippen LogP contribution in [0, 0.1) is 0 Å². The van der Waals surface area contributed by atoms with Crippen LogP contribution in [0.25, 0.3) is 0 Å². The van der Waals surface area contributed by atoms with Crippen molar-refractivity contribution in [3.8, 4) is 0 Å². The first kappa shape index (κ1) is 14.5. The minimum Gasteiger partial charge on any atom is -0.293 e. The molecule has 0 spiro atoms. The highest BCUT2D eigenvalue weighted by molar-refractivity contribution is 7.99. The van der Waals surface area contributed by atoms with E-state index in [0.29, 0.717) is 16.7 Å². The van der Waals surface area contributed by atoms with Crippen LogP contribution in [0.1, 0.15) is 38.0 Å². The number of benzene rings is 2. The van der Waals surface area contributed by atoms with Crippen molar-refractivity contribution in [2.75, 3.05) is 0 Å². The Labute approximate surface area is 132 Å². The highest BCUT2D eigenvalue weighted by atomic mass is 32.2. The lowest BCUT2D eigenvalue weighted by Gasteiger charge is -2.17. The lowest BCUT2D eigenvalue weighted by molar-refractivity contribution is 0.0776. The number of imide groups is 1. The second kappa shape index (κ2) is 5.77. The summed E-state index contributed by atoms with van der Waals surface area (Å²) in [4.78, 5) is 36.9. The number of fused-ring (bicyclic) bond motifs is 1. The predicted molar refractivity (Wildman–Crippen MR) is 84.8 cm³/mol. The first-order valence-electron chi connectivity index (χ1n) is 6.83. The molecule has 5 heteroatoms. The maximum atomic E-state index is 12.3. The molecular weight excluding hydrogens is 298 g/mol. The van der Waals surface area contributed by atoms with Crippen molar-refractivity contribution in [1.82, 2.24) is 4.31 Å². The number of hydrogen-bond acceptors (Lipinski definition) is 4. The third-order valence-electron chi connectivity index (χ3n) is 3.45. The zero-order valence-electron chi connectivity index (χ0n) is 11.9. The number of amides is 2. The van der Waals surface area contributed by atoms with Crippen molar-refractivity contribution < 1.29 is 14.4 Å². The Bertz CT molecular complexity index is 723. The predicted octanol–water partition coefficient (Wildman–Crippen LogP) is 3.20. The Kier molecular flexibility index (Phi) is 3.81. The van der Waals surface area contributed by atoms with E-state index in [0.717, 1.165) is 16.3 Å². The molecule has 1 aliphatic rings. The number of rotatable bonds is 4. The molecule has 0 fully saturated rings. The molecule has 0 saturated carbocycles. The molecule has 0 bridgehead atoms. The van der Waals surface area contributed by atoms with Gasteiger partial charge in [0.1, 0.15) is 0 Å². The summed E-state index contributed by atoms with van der Waals surface area (Å²) in [6, 6.07) is 15.5. The van der Waals surface area contributed by atoms with Crippen molar-refractivity contribution in [3.63, 3.8) is 0 Å². The van der Waals surface area contributed by atoms with Gasteiger partial charge >= 0.3 is 0 Å². The third kappa shape index (κ3) is 2.44. The van der Waals surface area contributed by atoms with Crippen LogP contribution in [0.5, 0.6) is 0 Å². The lowest BCUT2D eigenvalue weighted by atomic mass is 10.1. The molecule has 3 rings (SSSR count). The monoisotopic (exact) mass is 311 g/mol. The van der Waals surface area contributed by atoms with Crippen LogP contribution in [-0.4, -0.2) is 27.2 Å². The summed E-state index contributed by atoms with van der Waals surface area (Å²) in [6.45, 7) is 1.70. The van der Waals surface area contributed by atoms with Crippen LogP contribution in [0.15, 0.2) is 54.6 Å². The maximum absolute atomic E-state index is 12.3. The van der Waals surface area contributed by atoms with Crippen LogP contribution in [0.2, 0.25) is 0 Å². The average molecular weight is 311 g/mol. The summed E-state index contributed by atoms with van der Waals surface area (Å²) in [5.74, 6) is -0.834. The molecule has 4 nitrogen and oxygen atoms in total. The second-order valence-corrected chi connectivity index (χ2v) is 6.21. The first-order valence-corrected chi connectivity index (χ1v) is 7.67. The number of ketones is 1. The van der Waals surface area contributed by atoms with E-state index in [9.17, 15) is 14.4 Å². The largest absolute Gasteiger partial charge is 0.293 e. The number of Topliss-reactive ketones (excluding diaryl/α,β-unsaturated/α-hetero) is 1. The van der Waals surface area contributed by atoms with Crippen molar-refractivity contribution >= 4 is 29.5 Å². The van der Waals surface area contributed by atoms with E-state index in [1.807, 2.05) is 6.07 Å². The standard InChI is InChI=1S/C17H13NO3S/c1-11(15(19)12-7-3-2-4-8-12)22-18-16(20)13-9-5-6-10-14(13)17(18)21/h2-11H,1H3. The normalized spacial score (nSPS) is 14.9. The molecule has 0 radical (unpaired) electrons. The van der Waals surface area contributed by atoms with Gasteiger partial charge < -0.3 is 0 Å². The Morgan fingerprint density at radius 1 is 0.909 bits per heavy atom. The van der Waals surface area contributed by atoms with E-state index < -0.39 is 5.25 Å². The van der Waals surface area contributed by atoms with Gasteiger partial charge in [-0.1, -0.05) is 42.5 Å². The summed E-state index contributed by atoms with van der Waals surface area (Å²) >= 11 is 0.968. The van der Waals surface area contributed by atoms with Gasteiger partial charge in [0.05, 0.1) is 16.4 Å². The topological polar surface area (TPSA) is 54.5 Å². The molecular formula is C17H13NO3S. The molecule has 0 N–H and O–H groups in total.